The largest absolute Gasteiger partial charge is 0.347 e. The molecule has 0 fully saturated rings. The van der Waals surface area contributed by atoms with Crippen LogP contribution in [0.25, 0.3) is 0 Å². The van der Waals surface area contributed by atoms with Crippen molar-refractivity contribution in [2.75, 3.05) is 0 Å². The molecule has 0 aliphatic carbocycles. The summed E-state index contributed by atoms with van der Waals surface area (Å²) in [6.45, 7) is 3.68. The predicted octanol–water partition coefficient (Wildman–Crippen LogP) is 2.91. The summed E-state index contributed by atoms with van der Waals surface area (Å²) in [5.41, 5.74) is 0.704. The number of hydrogen-bond donors (Lipinski definition) is 2. The van der Waals surface area contributed by atoms with E-state index in [9.17, 15) is 8.42 Å². The van der Waals surface area contributed by atoms with Gasteiger partial charge in [0.05, 0.1) is 10.9 Å². The summed E-state index contributed by atoms with van der Waals surface area (Å²) in [5, 5.41) is 0. The lowest BCUT2D eigenvalue weighted by molar-refractivity contribution is 0.539. The molecule has 0 saturated heterocycles. The van der Waals surface area contributed by atoms with E-state index in [0.29, 0.717) is 17.8 Å². The molecule has 1 heterocycles. The minimum Gasteiger partial charge on any atom is -0.347 e. The van der Waals surface area contributed by atoms with Gasteiger partial charge in [-0.2, -0.15) is 0 Å². The number of nitrogens with zero attached hydrogens (tertiary/aromatic N) is 1. The standard InChI is InChI=1S/C13H16BrN3O2S/c1-3-11(13-15-6-7-16-13)17-20(18,19)12-8-10(14)5-4-9(12)2/h4-8,11,17H,3H2,1-2H3,(H,15,16). The Hall–Kier alpha value is -1.18. The van der Waals surface area contributed by atoms with Gasteiger partial charge in [0, 0.05) is 16.9 Å². The molecule has 7 heteroatoms. The number of halogens is 1. The maximum Gasteiger partial charge on any atom is 0.241 e. The quantitative estimate of drug-likeness (QED) is 0.863. The van der Waals surface area contributed by atoms with Crippen LogP contribution in [0.5, 0.6) is 0 Å². The minimum atomic E-state index is -3.59. The van der Waals surface area contributed by atoms with E-state index in [-0.39, 0.29) is 10.9 Å². The van der Waals surface area contributed by atoms with Crippen molar-refractivity contribution in [2.45, 2.75) is 31.2 Å². The molecule has 0 spiro atoms. The van der Waals surface area contributed by atoms with Crippen LogP contribution < -0.4 is 4.72 Å². The molecule has 0 aliphatic rings. The van der Waals surface area contributed by atoms with Crippen molar-refractivity contribution in [3.63, 3.8) is 0 Å². The topological polar surface area (TPSA) is 74.8 Å². The Labute approximate surface area is 127 Å². The lowest BCUT2D eigenvalue weighted by Crippen LogP contribution is -2.29. The zero-order chi connectivity index (χ0) is 14.8. The van der Waals surface area contributed by atoms with E-state index < -0.39 is 10.0 Å². The molecular weight excluding hydrogens is 342 g/mol. The van der Waals surface area contributed by atoms with Crippen LogP contribution in [0.15, 0.2) is 40.0 Å². The highest BCUT2D eigenvalue weighted by Gasteiger charge is 2.23. The third-order valence-corrected chi connectivity index (χ3v) is 5.10. The SMILES string of the molecule is CCC(NS(=O)(=O)c1cc(Br)ccc1C)c1ncc[nH]1. The van der Waals surface area contributed by atoms with Crippen LogP contribution in [0.4, 0.5) is 0 Å². The minimum absolute atomic E-state index is 0.275. The van der Waals surface area contributed by atoms with Crippen LogP contribution in [0.3, 0.4) is 0 Å². The van der Waals surface area contributed by atoms with Gasteiger partial charge in [0.25, 0.3) is 0 Å². The Morgan fingerprint density at radius 3 is 2.80 bits per heavy atom. The van der Waals surface area contributed by atoms with Gasteiger partial charge < -0.3 is 4.98 Å². The number of aromatic amines is 1. The van der Waals surface area contributed by atoms with Gasteiger partial charge in [-0.05, 0) is 31.0 Å². The summed E-state index contributed by atoms with van der Waals surface area (Å²) < 4.78 is 28.4. The number of imidazole rings is 1. The summed E-state index contributed by atoms with van der Waals surface area (Å²) in [4.78, 5) is 7.33. The van der Waals surface area contributed by atoms with Crippen molar-refractivity contribution in [1.82, 2.24) is 14.7 Å². The van der Waals surface area contributed by atoms with Crippen LogP contribution in [0, 0.1) is 6.92 Å². The zero-order valence-electron chi connectivity index (χ0n) is 11.2. The molecular formula is C13H16BrN3O2S. The lowest BCUT2D eigenvalue weighted by atomic mass is 10.2. The number of aromatic nitrogens is 2. The maximum atomic E-state index is 12.5. The Morgan fingerprint density at radius 1 is 1.45 bits per heavy atom. The molecule has 1 atom stereocenters. The van der Waals surface area contributed by atoms with Crippen LogP contribution in [0.1, 0.15) is 30.8 Å². The van der Waals surface area contributed by atoms with Crippen molar-refractivity contribution < 1.29 is 8.42 Å². The van der Waals surface area contributed by atoms with Gasteiger partial charge in [-0.15, -0.1) is 0 Å². The Kier molecular flexibility index (Phi) is 4.62. The summed E-state index contributed by atoms with van der Waals surface area (Å²) >= 11 is 3.30. The van der Waals surface area contributed by atoms with Crippen molar-refractivity contribution in [3.8, 4) is 0 Å². The molecule has 1 aromatic heterocycles. The van der Waals surface area contributed by atoms with Gasteiger partial charge >= 0.3 is 0 Å². The first-order valence-corrected chi connectivity index (χ1v) is 8.49. The van der Waals surface area contributed by atoms with Gasteiger partial charge in [-0.3, -0.25) is 0 Å². The highest BCUT2D eigenvalue weighted by molar-refractivity contribution is 9.10. The number of aryl methyl sites for hydroxylation is 1. The van der Waals surface area contributed by atoms with Crippen molar-refractivity contribution in [1.29, 1.82) is 0 Å². The molecule has 0 amide bonds. The molecule has 5 nitrogen and oxygen atoms in total. The molecule has 1 aromatic carbocycles. The van der Waals surface area contributed by atoms with E-state index in [1.165, 1.54) is 0 Å². The molecule has 1 unspecified atom stereocenters. The number of sulfonamides is 1. The van der Waals surface area contributed by atoms with Crippen molar-refractivity contribution in [3.05, 3.63) is 46.5 Å². The number of H-pyrrole nitrogens is 1. The molecule has 0 radical (unpaired) electrons. The Balaban J connectivity index is 2.33. The number of nitrogens with one attached hydrogen (secondary N) is 2. The molecule has 0 bridgehead atoms. The first-order chi connectivity index (χ1) is 9.44. The Bertz CT molecular complexity index is 684. The van der Waals surface area contributed by atoms with Crippen LogP contribution in [0.2, 0.25) is 0 Å². The number of benzene rings is 1. The first kappa shape index (κ1) is 15.2. The van der Waals surface area contributed by atoms with E-state index >= 15 is 0 Å². The van der Waals surface area contributed by atoms with Crippen LogP contribution in [-0.4, -0.2) is 18.4 Å². The highest BCUT2D eigenvalue weighted by atomic mass is 79.9. The molecule has 20 heavy (non-hydrogen) atoms. The first-order valence-electron chi connectivity index (χ1n) is 6.22. The van der Waals surface area contributed by atoms with Gasteiger partial charge in [-0.25, -0.2) is 18.1 Å². The average molecular weight is 358 g/mol. The monoisotopic (exact) mass is 357 g/mol. The van der Waals surface area contributed by atoms with E-state index in [1.54, 1.807) is 31.5 Å². The summed E-state index contributed by atoms with van der Waals surface area (Å²) in [6.07, 6.45) is 3.90. The summed E-state index contributed by atoms with van der Waals surface area (Å²) in [5.74, 6) is 0.615. The summed E-state index contributed by atoms with van der Waals surface area (Å²) in [7, 11) is -3.59. The Morgan fingerprint density at radius 2 is 2.20 bits per heavy atom. The fourth-order valence-electron chi connectivity index (χ4n) is 1.91. The molecule has 0 aliphatic heterocycles. The number of hydrogen-bond acceptors (Lipinski definition) is 3. The second kappa shape index (κ2) is 6.07. The summed E-state index contributed by atoms with van der Waals surface area (Å²) in [6, 6.07) is 4.82. The molecule has 2 N–H and O–H groups in total. The van der Waals surface area contributed by atoms with E-state index in [0.717, 1.165) is 4.47 Å². The smallest absolute Gasteiger partial charge is 0.241 e. The fraction of sp³-hybridized carbons (Fsp3) is 0.308. The maximum absolute atomic E-state index is 12.5. The van der Waals surface area contributed by atoms with Gasteiger partial charge in [0.1, 0.15) is 5.82 Å². The molecule has 2 aromatic rings. The normalized spacial score (nSPS) is 13.3. The van der Waals surface area contributed by atoms with E-state index in [1.807, 2.05) is 13.0 Å². The number of rotatable bonds is 5. The second-order valence-electron chi connectivity index (χ2n) is 4.47. The van der Waals surface area contributed by atoms with Crippen LogP contribution in [-0.2, 0) is 10.0 Å². The molecule has 2 rings (SSSR count). The third kappa shape index (κ3) is 3.28. The van der Waals surface area contributed by atoms with Gasteiger partial charge in [0.15, 0.2) is 0 Å². The van der Waals surface area contributed by atoms with Crippen molar-refractivity contribution in [2.24, 2.45) is 0 Å². The van der Waals surface area contributed by atoms with Gasteiger partial charge in [-0.1, -0.05) is 28.9 Å². The van der Waals surface area contributed by atoms with Crippen LogP contribution >= 0.6 is 15.9 Å². The third-order valence-electron chi connectivity index (χ3n) is 2.99. The second-order valence-corrected chi connectivity index (χ2v) is 7.06. The van der Waals surface area contributed by atoms with Crippen molar-refractivity contribution >= 4 is 26.0 Å². The zero-order valence-corrected chi connectivity index (χ0v) is 13.6. The highest BCUT2D eigenvalue weighted by Crippen LogP contribution is 2.23. The van der Waals surface area contributed by atoms with E-state index in [2.05, 4.69) is 30.6 Å². The fourth-order valence-corrected chi connectivity index (χ4v) is 3.98. The molecule has 0 saturated carbocycles. The average Bonchev–Trinajstić information content (AvgIpc) is 2.92. The lowest BCUT2D eigenvalue weighted by Gasteiger charge is -2.16. The van der Waals surface area contributed by atoms with Gasteiger partial charge in [0.2, 0.25) is 10.0 Å². The predicted molar refractivity (Wildman–Crippen MR) is 80.8 cm³/mol. The van der Waals surface area contributed by atoms with E-state index in [4.69, 9.17) is 0 Å². The molecule has 108 valence electrons.